The van der Waals surface area contributed by atoms with E-state index in [1.165, 1.54) is 0 Å². The average molecular weight is 202 g/mol. The minimum absolute atomic E-state index is 0. The normalized spacial score (nSPS) is 8.43. The third-order valence-corrected chi connectivity index (χ3v) is 0. The molecule has 0 rings (SSSR count). The Morgan fingerprint density at radius 3 is 1.14 bits per heavy atom. The molecule has 0 saturated carbocycles. The molecule has 0 aromatic rings. The molecular weight excluding hydrogens is 202 g/mol. The summed E-state index contributed by atoms with van der Waals surface area (Å²) in [4.78, 5) is 25.6. The Bertz CT molecular complexity index is 57.8. The van der Waals surface area contributed by atoms with Gasteiger partial charge in [0, 0.05) is 18.6 Å². The van der Waals surface area contributed by atoms with Gasteiger partial charge < -0.3 is 19.2 Å². The van der Waals surface area contributed by atoms with Crippen LogP contribution in [0.5, 0.6) is 0 Å². The summed E-state index contributed by atoms with van der Waals surface area (Å²) in [7, 11) is -5.39. The first-order valence-corrected chi connectivity index (χ1v) is 2.19. The zero-order valence-corrected chi connectivity index (χ0v) is 6.28. The van der Waals surface area contributed by atoms with Gasteiger partial charge in [-0.05, 0) is 0 Å². The van der Waals surface area contributed by atoms with Crippen LogP contribution in [0.25, 0.3) is 0 Å². The second-order valence-electron chi connectivity index (χ2n) is 0.447. The van der Waals surface area contributed by atoms with Gasteiger partial charge in [0.15, 0.2) is 0 Å². The minimum Gasteiger partial charge on any atom is -0.822 e. The fraction of sp³-hybridized carbons (Fsp3) is 0. The van der Waals surface area contributed by atoms with Gasteiger partial charge in [-0.3, -0.25) is 0 Å². The Morgan fingerprint density at radius 1 is 1.14 bits per heavy atom. The number of hydrogen-bond acceptors (Lipinski definition) is 4. The van der Waals surface area contributed by atoms with Crippen LogP contribution >= 0.6 is 7.82 Å². The predicted octanol–water partition coefficient (Wildman–Crippen LogP) is -2.83. The molecule has 0 N–H and O–H groups in total. The summed E-state index contributed by atoms with van der Waals surface area (Å²) in [5.74, 6) is 0. The van der Waals surface area contributed by atoms with Crippen molar-refractivity contribution in [3.05, 3.63) is 0 Å². The van der Waals surface area contributed by atoms with Gasteiger partial charge in [0.2, 0.25) is 0 Å². The summed E-state index contributed by atoms with van der Waals surface area (Å²) < 4.78 is 8.55. The Morgan fingerprint density at radius 2 is 1.14 bits per heavy atom. The number of rotatable bonds is 0. The van der Waals surface area contributed by atoms with Crippen LogP contribution in [0.15, 0.2) is 0 Å². The van der Waals surface area contributed by atoms with E-state index in [1.807, 2.05) is 0 Å². The number of hydrogen-bond donors (Lipinski definition) is 0. The largest absolute Gasteiger partial charge is 3.00 e. The van der Waals surface area contributed by atoms with Gasteiger partial charge in [0.1, 0.15) is 0 Å². The Hall–Kier alpha value is 1.21. The molecule has 4 nitrogen and oxygen atoms in total. The van der Waals surface area contributed by atoms with E-state index in [-0.39, 0.29) is 35.6 Å². The van der Waals surface area contributed by atoms with Gasteiger partial charge in [-0.25, -0.2) is 0 Å². The van der Waals surface area contributed by atoms with Crippen LogP contribution in [0.3, 0.4) is 0 Å². The molecule has 0 aromatic heterocycles. The van der Waals surface area contributed by atoms with Crippen LogP contribution < -0.4 is 14.7 Å². The monoisotopic (exact) mass is 202 g/mol. The molecule has 0 aromatic carbocycles. The summed E-state index contributed by atoms with van der Waals surface area (Å²) in [6.45, 7) is 0. The van der Waals surface area contributed by atoms with Crippen LogP contribution in [-0.4, -0.2) is 0 Å². The van der Waals surface area contributed by atoms with Crippen molar-refractivity contribution < 1.29 is 54.9 Å². The molecule has 0 spiro atoms. The molecule has 0 aliphatic heterocycles. The maximum atomic E-state index is 8.55. The van der Waals surface area contributed by atoms with Crippen molar-refractivity contribution in [3.63, 3.8) is 0 Å². The molecule has 0 saturated heterocycles. The van der Waals surface area contributed by atoms with Gasteiger partial charge in [-0.2, -0.15) is 7.82 Å². The molecule has 0 aliphatic rings. The molecule has 0 atom stereocenters. The van der Waals surface area contributed by atoms with Crippen LogP contribution in [0.4, 0.5) is 0 Å². The van der Waals surface area contributed by atoms with E-state index in [1.54, 1.807) is 0 Å². The fourth-order valence-electron chi connectivity index (χ4n) is 0. The molecule has 0 bridgehead atoms. The Balaban J connectivity index is -0.0000000800. The summed E-state index contributed by atoms with van der Waals surface area (Å²) >= 11 is 0. The fourth-order valence-corrected chi connectivity index (χ4v) is 0. The first-order chi connectivity index (χ1) is 2.00. The molecule has 0 heterocycles. The van der Waals surface area contributed by atoms with Gasteiger partial charge in [-0.1, -0.05) is 0 Å². The Kier molecular flexibility index (Phi) is 12.0. The third-order valence-electron chi connectivity index (χ3n) is 0. The molecule has 0 fully saturated rings. The van der Waals surface area contributed by atoms with E-state index in [0.29, 0.717) is 0 Å². The summed E-state index contributed by atoms with van der Waals surface area (Å²) in [5.41, 5.74) is 0. The first-order valence-electron chi connectivity index (χ1n) is 0.730. The van der Waals surface area contributed by atoms with E-state index in [4.69, 9.17) is 19.2 Å². The standard InChI is InChI=1S/Fe.H3O4P.V/c;1-5(2,3)4;/h;(H3,1,2,3,4);/q+3;;/p-3. The van der Waals surface area contributed by atoms with Crippen molar-refractivity contribution >= 4 is 7.82 Å². The van der Waals surface area contributed by atoms with E-state index in [2.05, 4.69) is 0 Å². The average Bonchev–Trinajstić information content (AvgIpc) is 0.722. The van der Waals surface area contributed by atoms with Crippen molar-refractivity contribution in [1.82, 2.24) is 0 Å². The predicted molar refractivity (Wildman–Crippen MR) is 7.61 cm³/mol. The van der Waals surface area contributed by atoms with Crippen molar-refractivity contribution in [1.29, 1.82) is 0 Å². The second-order valence-corrected chi connectivity index (χ2v) is 1.34. The SMILES string of the molecule is O=P([O-])([O-])[O-].[Fe+3].[V]. The van der Waals surface area contributed by atoms with Gasteiger partial charge >= 0.3 is 17.1 Å². The van der Waals surface area contributed by atoms with Crippen molar-refractivity contribution in [2.75, 3.05) is 0 Å². The molecule has 2 radical (unpaired) electrons. The molecule has 0 unspecified atom stereocenters. The first kappa shape index (κ1) is 15.7. The van der Waals surface area contributed by atoms with Crippen LogP contribution in [0.2, 0.25) is 0 Å². The van der Waals surface area contributed by atoms with Gasteiger partial charge in [0.25, 0.3) is 0 Å². The topological polar surface area (TPSA) is 86.2 Å². The van der Waals surface area contributed by atoms with E-state index in [9.17, 15) is 0 Å². The molecule has 7 heavy (non-hydrogen) atoms. The van der Waals surface area contributed by atoms with Crippen LogP contribution in [0, 0.1) is 0 Å². The smallest absolute Gasteiger partial charge is 0.822 e. The van der Waals surface area contributed by atoms with Crippen molar-refractivity contribution in [3.8, 4) is 0 Å². The van der Waals surface area contributed by atoms with Gasteiger partial charge in [-0.15, -0.1) is 0 Å². The minimum atomic E-state index is -5.39. The molecule has 42 valence electrons. The zero-order valence-electron chi connectivity index (χ0n) is 2.88. The van der Waals surface area contributed by atoms with E-state index < -0.39 is 7.82 Å². The van der Waals surface area contributed by atoms with Crippen molar-refractivity contribution in [2.45, 2.75) is 0 Å². The second kappa shape index (κ2) is 5.35. The molecule has 0 amide bonds. The molecule has 0 aliphatic carbocycles. The summed E-state index contributed by atoms with van der Waals surface area (Å²) in [6.07, 6.45) is 0. The van der Waals surface area contributed by atoms with Crippen molar-refractivity contribution in [2.24, 2.45) is 0 Å². The number of phosphoric acid groups is 1. The summed E-state index contributed by atoms with van der Waals surface area (Å²) in [6, 6.07) is 0. The van der Waals surface area contributed by atoms with Crippen LogP contribution in [-0.2, 0) is 40.2 Å². The van der Waals surface area contributed by atoms with Crippen LogP contribution in [0.1, 0.15) is 0 Å². The Labute approximate surface area is 62.9 Å². The third kappa shape index (κ3) is 133. The van der Waals surface area contributed by atoms with E-state index >= 15 is 0 Å². The molecule has 7 heteroatoms. The summed E-state index contributed by atoms with van der Waals surface area (Å²) in [5, 5.41) is 0. The zero-order chi connectivity index (χ0) is 4.50. The van der Waals surface area contributed by atoms with Gasteiger partial charge in [0.05, 0.1) is 0 Å². The maximum absolute atomic E-state index is 8.55. The maximum Gasteiger partial charge on any atom is 3.00 e. The molecular formula is FeO4PV. The van der Waals surface area contributed by atoms with E-state index in [0.717, 1.165) is 0 Å². The quantitative estimate of drug-likeness (QED) is 0.312.